The van der Waals surface area contributed by atoms with E-state index in [1.807, 2.05) is 91.0 Å². The number of ether oxygens (including phenoxy) is 1. The van der Waals surface area contributed by atoms with Crippen molar-refractivity contribution in [3.05, 3.63) is 124 Å². The van der Waals surface area contributed by atoms with Crippen LogP contribution in [0.5, 0.6) is 5.75 Å². The van der Waals surface area contributed by atoms with Crippen molar-refractivity contribution < 1.29 is 19.1 Å². The number of nitrogens with zero attached hydrogens (tertiary/aromatic N) is 1. The molecule has 7 rings (SSSR count). The molecule has 6 nitrogen and oxygen atoms in total. The number of amides is 1. The summed E-state index contributed by atoms with van der Waals surface area (Å²) in [6, 6.07) is 24.7. The Kier molecular flexibility index (Phi) is 5.94. The summed E-state index contributed by atoms with van der Waals surface area (Å²) in [6.07, 6.45) is 3.85. The monoisotopic (exact) mass is 560 g/mol. The fraction of sp³-hybridized carbons (Fsp3) is 0.206. The Morgan fingerprint density at radius 2 is 1.68 bits per heavy atom. The summed E-state index contributed by atoms with van der Waals surface area (Å²) in [5.74, 6) is -1.01. The number of hydrogen-bond donors (Lipinski definition) is 1. The van der Waals surface area contributed by atoms with E-state index in [0.29, 0.717) is 21.9 Å². The lowest BCUT2D eigenvalue weighted by Crippen LogP contribution is -2.49. The molecule has 1 saturated heterocycles. The van der Waals surface area contributed by atoms with Crippen LogP contribution in [0.2, 0.25) is 0 Å². The van der Waals surface area contributed by atoms with E-state index in [4.69, 9.17) is 4.74 Å². The standard InChI is InChI=1S/C34H28N2O4S/c1-20(2)40-23-15-13-22(14-16-23)30(37)28-29(31(38)27-12-7-19-41-27)36-18-17-21-8-3-4-9-24(21)32(36)34(28)25-10-5-6-11-26(25)35-33(34)39/h3-20,28-29,32H,1-2H3,(H,35,39)/t28-,29-,32+,34+/m0/s1. The molecule has 1 amide bonds. The number of ketones is 2. The second-order valence-electron chi connectivity index (χ2n) is 11.0. The summed E-state index contributed by atoms with van der Waals surface area (Å²) in [4.78, 5) is 46.2. The predicted molar refractivity (Wildman–Crippen MR) is 159 cm³/mol. The Morgan fingerprint density at radius 1 is 0.927 bits per heavy atom. The first-order valence-corrected chi connectivity index (χ1v) is 14.6. The Balaban J connectivity index is 1.48. The Labute approximate surface area is 242 Å². The number of benzene rings is 3. The number of anilines is 1. The van der Waals surface area contributed by atoms with Crippen LogP contribution in [0.1, 0.15) is 56.6 Å². The smallest absolute Gasteiger partial charge is 0.238 e. The van der Waals surface area contributed by atoms with Gasteiger partial charge in [0.25, 0.3) is 0 Å². The molecule has 204 valence electrons. The van der Waals surface area contributed by atoms with Crippen LogP contribution in [0.3, 0.4) is 0 Å². The molecule has 0 unspecified atom stereocenters. The molecule has 0 bridgehead atoms. The maximum Gasteiger partial charge on any atom is 0.238 e. The average molecular weight is 561 g/mol. The highest BCUT2D eigenvalue weighted by atomic mass is 32.1. The third kappa shape index (κ3) is 3.72. The van der Waals surface area contributed by atoms with Crippen LogP contribution in [0.4, 0.5) is 5.69 Å². The molecular weight excluding hydrogens is 532 g/mol. The van der Waals surface area contributed by atoms with E-state index in [2.05, 4.69) is 5.32 Å². The van der Waals surface area contributed by atoms with Crippen LogP contribution in [0.25, 0.3) is 6.08 Å². The highest BCUT2D eigenvalue weighted by molar-refractivity contribution is 7.12. The van der Waals surface area contributed by atoms with Crippen LogP contribution in [-0.4, -0.2) is 34.5 Å². The average Bonchev–Trinajstić information content (AvgIpc) is 3.69. The Hall–Kier alpha value is -4.49. The lowest BCUT2D eigenvalue weighted by Gasteiger charge is -2.38. The van der Waals surface area contributed by atoms with Gasteiger partial charge in [-0.1, -0.05) is 48.5 Å². The summed E-state index contributed by atoms with van der Waals surface area (Å²) in [5.41, 5.74) is 2.40. The van der Waals surface area contributed by atoms with Gasteiger partial charge < -0.3 is 15.0 Å². The van der Waals surface area contributed by atoms with Gasteiger partial charge in [0, 0.05) is 17.5 Å². The first-order chi connectivity index (χ1) is 19.9. The zero-order valence-electron chi connectivity index (χ0n) is 22.6. The minimum atomic E-state index is -1.33. The van der Waals surface area contributed by atoms with Crippen molar-refractivity contribution in [3.8, 4) is 5.75 Å². The van der Waals surface area contributed by atoms with Gasteiger partial charge in [-0.3, -0.25) is 14.4 Å². The van der Waals surface area contributed by atoms with Crippen molar-refractivity contribution in [1.82, 2.24) is 4.90 Å². The molecule has 3 aromatic carbocycles. The van der Waals surface area contributed by atoms with Gasteiger partial charge in [-0.15, -0.1) is 11.3 Å². The molecule has 7 heteroatoms. The van der Waals surface area contributed by atoms with Gasteiger partial charge >= 0.3 is 0 Å². The number of carbonyl (C=O) groups excluding carboxylic acids is 3. The molecule has 3 aliphatic heterocycles. The van der Waals surface area contributed by atoms with Gasteiger partial charge in [-0.05, 0) is 78.4 Å². The van der Waals surface area contributed by atoms with E-state index in [-0.39, 0.29) is 23.6 Å². The molecule has 1 fully saturated rings. The zero-order chi connectivity index (χ0) is 28.3. The Morgan fingerprint density at radius 3 is 2.44 bits per heavy atom. The van der Waals surface area contributed by atoms with Crippen molar-refractivity contribution in [2.75, 3.05) is 5.32 Å². The second kappa shape index (κ2) is 9.56. The molecule has 1 N–H and O–H groups in total. The molecule has 1 aromatic heterocycles. The predicted octanol–water partition coefficient (Wildman–Crippen LogP) is 6.52. The number of Topliss-reactive ketones (excluding diaryl/α,β-unsaturated/α-hetero) is 2. The Bertz CT molecular complexity index is 1710. The number of nitrogens with one attached hydrogen (secondary N) is 1. The number of hydrogen-bond acceptors (Lipinski definition) is 6. The number of fused-ring (bicyclic) bond motifs is 6. The van der Waals surface area contributed by atoms with E-state index in [0.717, 1.165) is 16.7 Å². The van der Waals surface area contributed by atoms with Gasteiger partial charge in [0.1, 0.15) is 17.2 Å². The highest BCUT2D eigenvalue weighted by Crippen LogP contribution is 2.62. The van der Waals surface area contributed by atoms with Gasteiger partial charge in [0.05, 0.1) is 22.9 Å². The summed E-state index contributed by atoms with van der Waals surface area (Å²) in [7, 11) is 0. The molecule has 1 spiro atoms. The molecule has 0 aliphatic carbocycles. The van der Waals surface area contributed by atoms with Crippen LogP contribution < -0.4 is 10.1 Å². The normalized spacial score (nSPS) is 23.7. The third-order valence-corrected chi connectivity index (χ3v) is 9.28. The lowest BCUT2D eigenvalue weighted by molar-refractivity contribution is -0.122. The summed E-state index contributed by atoms with van der Waals surface area (Å²) in [5, 5.41) is 4.94. The number of rotatable bonds is 6. The summed E-state index contributed by atoms with van der Waals surface area (Å²) in [6.45, 7) is 3.89. The zero-order valence-corrected chi connectivity index (χ0v) is 23.4. The largest absolute Gasteiger partial charge is 0.491 e. The van der Waals surface area contributed by atoms with Gasteiger partial charge in [-0.25, -0.2) is 0 Å². The number of carbonyl (C=O) groups is 3. The van der Waals surface area contributed by atoms with Gasteiger partial charge in [0.2, 0.25) is 5.91 Å². The number of thiophene rings is 1. The van der Waals surface area contributed by atoms with Crippen molar-refractivity contribution in [3.63, 3.8) is 0 Å². The summed E-state index contributed by atoms with van der Waals surface area (Å²) >= 11 is 1.35. The van der Waals surface area contributed by atoms with Crippen LogP contribution in [0, 0.1) is 5.92 Å². The van der Waals surface area contributed by atoms with Crippen molar-refractivity contribution in [2.45, 2.75) is 37.5 Å². The first-order valence-electron chi connectivity index (χ1n) is 13.8. The van der Waals surface area contributed by atoms with Gasteiger partial charge in [0.15, 0.2) is 11.6 Å². The van der Waals surface area contributed by atoms with E-state index >= 15 is 0 Å². The lowest BCUT2D eigenvalue weighted by atomic mass is 9.63. The maximum atomic E-state index is 14.8. The highest BCUT2D eigenvalue weighted by Gasteiger charge is 2.70. The van der Waals surface area contributed by atoms with Crippen LogP contribution >= 0.6 is 11.3 Å². The fourth-order valence-corrected chi connectivity index (χ4v) is 7.58. The molecule has 3 aliphatic rings. The minimum Gasteiger partial charge on any atom is -0.491 e. The fourth-order valence-electron chi connectivity index (χ4n) is 6.88. The minimum absolute atomic E-state index is 0.0103. The molecule has 4 atom stereocenters. The van der Waals surface area contributed by atoms with E-state index in [9.17, 15) is 14.4 Å². The maximum absolute atomic E-state index is 14.8. The van der Waals surface area contributed by atoms with E-state index in [1.165, 1.54) is 11.3 Å². The van der Waals surface area contributed by atoms with E-state index < -0.39 is 23.4 Å². The third-order valence-electron chi connectivity index (χ3n) is 8.40. The molecule has 4 heterocycles. The van der Waals surface area contributed by atoms with Crippen molar-refractivity contribution in [1.29, 1.82) is 0 Å². The summed E-state index contributed by atoms with van der Waals surface area (Å²) < 4.78 is 5.81. The first kappa shape index (κ1) is 25.5. The molecule has 0 radical (unpaired) electrons. The van der Waals surface area contributed by atoms with Crippen molar-refractivity contribution in [2.24, 2.45) is 5.92 Å². The second-order valence-corrected chi connectivity index (χ2v) is 11.9. The quantitative estimate of drug-likeness (QED) is 0.272. The SMILES string of the molecule is CC(C)Oc1ccc(C(=O)[C@@H]2[C@@H](C(=O)c3cccs3)N3C=Cc4ccccc4[C@@H]3[C@]23C(=O)Nc2ccccc23)cc1. The van der Waals surface area contributed by atoms with Crippen molar-refractivity contribution >= 4 is 40.6 Å². The van der Waals surface area contributed by atoms with Crippen LogP contribution in [0.15, 0.2) is 96.5 Å². The molecule has 4 aromatic rings. The molecule has 0 saturated carbocycles. The topological polar surface area (TPSA) is 75.7 Å². The van der Waals surface area contributed by atoms with Gasteiger partial charge in [-0.2, -0.15) is 0 Å². The molecular formula is C34H28N2O4S. The number of para-hydroxylation sites is 1. The van der Waals surface area contributed by atoms with E-state index in [1.54, 1.807) is 30.3 Å². The molecule has 41 heavy (non-hydrogen) atoms. The van der Waals surface area contributed by atoms with Crippen LogP contribution in [-0.2, 0) is 10.2 Å².